The maximum absolute atomic E-state index is 5.85. The van der Waals surface area contributed by atoms with Crippen molar-refractivity contribution in [3.8, 4) is 22.8 Å². The molecule has 0 N–H and O–H groups in total. The number of aryl methyl sites for hydroxylation is 1. The van der Waals surface area contributed by atoms with Gasteiger partial charge in [-0.3, -0.25) is 0 Å². The van der Waals surface area contributed by atoms with Gasteiger partial charge >= 0.3 is 0 Å². The summed E-state index contributed by atoms with van der Waals surface area (Å²) in [4.78, 5) is 0. The Morgan fingerprint density at radius 2 is 1.95 bits per heavy atom. The van der Waals surface area contributed by atoms with Crippen LogP contribution in [-0.4, -0.2) is 21.0 Å². The first-order valence-corrected chi connectivity index (χ1v) is 7.01. The van der Waals surface area contributed by atoms with Crippen molar-refractivity contribution in [3.63, 3.8) is 0 Å². The van der Waals surface area contributed by atoms with Crippen LogP contribution in [0.15, 0.2) is 47.1 Å². The fourth-order valence-corrected chi connectivity index (χ4v) is 2.61. The molecule has 1 heterocycles. The number of benzene rings is 2. The molecule has 4 nitrogen and oxygen atoms in total. The van der Waals surface area contributed by atoms with Crippen molar-refractivity contribution in [1.29, 1.82) is 0 Å². The van der Waals surface area contributed by atoms with Crippen LogP contribution in [0, 0.1) is 6.92 Å². The maximum Gasteiger partial charge on any atom is 0.188 e. The first-order valence-electron chi connectivity index (χ1n) is 7.01. The summed E-state index contributed by atoms with van der Waals surface area (Å²) in [7, 11) is 3.27. The highest BCUT2D eigenvalue weighted by Crippen LogP contribution is 2.40. The zero-order chi connectivity index (χ0) is 15.5. The fraction of sp³-hybridized carbons (Fsp3) is 0.222. The molecular formula is C18H18O4. The van der Waals surface area contributed by atoms with Crippen LogP contribution in [0.2, 0.25) is 0 Å². The van der Waals surface area contributed by atoms with Crippen molar-refractivity contribution in [2.45, 2.75) is 6.92 Å². The fourth-order valence-electron chi connectivity index (χ4n) is 2.61. The van der Waals surface area contributed by atoms with Crippen LogP contribution < -0.4 is 9.47 Å². The zero-order valence-electron chi connectivity index (χ0n) is 12.9. The monoisotopic (exact) mass is 298 g/mol. The van der Waals surface area contributed by atoms with Gasteiger partial charge < -0.3 is 18.6 Å². The van der Waals surface area contributed by atoms with E-state index < -0.39 is 0 Å². The number of methoxy groups -OCH3 is 2. The molecule has 3 rings (SSSR count). The molecule has 0 aliphatic rings. The molecule has 4 heteroatoms. The number of hydrogen-bond donors (Lipinski definition) is 0. The molecule has 0 aliphatic heterocycles. The summed E-state index contributed by atoms with van der Waals surface area (Å²) in [5, 5.41) is 2.05. The van der Waals surface area contributed by atoms with Crippen molar-refractivity contribution in [2.24, 2.45) is 0 Å². The third kappa shape index (κ3) is 2.53. The lowest BCUT2D eigenvalue weighted by atomic mass is 9.98. The van der Waals surface area contributed by atoms with Gasteiger partial charge in [0.1, 0.15) is 17.3 Å². The molecule has 0 fully saturated rings. The Labute approximate surface area is 129 Å². The van der Waals surface area contributed by atoms with E-state index in [9.17, 15) is 0 Å². The second-order valence-corrected chi connectivity index (χ2v) is 5.01. The van der Waals surface area contributed by atoms with E-state index in [0.717, 1.165) is 39.2 Å². The first kappa shape index (κ1) is 14.5. The summed E-state index contributed by atoms with van der Waals surface area (Å²) in [6, 6.07) is 11.8. The van der Waals surface area contributed by atoms with Gasteiger partial charge in [0.15, 0.2) is 6.79 Å². The first-order chi connectivity index (χ1) is 10.7. The van der Waals surface area contributed by atoms with Crippen molar-refractivity contribution >= 4 is 10.8 Å². The quantitative estimate of drug-likeness (QED) is 0.655. The van der Waals surface area contributed by atoms with Crippen LogP contribution in [0.1, 0.15) is 5.56 Å². The second-order valence-electron chi connectivity index (χ2n) is 5.01. The highest BCUT2D eigenvalue weighted by atomic mass is 16.7. The molecule has 0 amide bonds. The van der Waals surface area contributed by atoms with E-state index in [-0.39, 0.29) is 6.79 Å². The summed E-state index contributed by atoms with van der Waals surface area (Å²) in [6.07, 6.45) is 1.66. The third-order valence-electron chi connectivity index (χ3n) is 3.59. The molecule has 0 bridgehead atoms. The van der Waals surface area contributed by atoms with Crippen LogP contribution in [0.3, 0.4) is 0 Å². The SMILES string of the molecule is COCOc1c(-c2ccco2)c(C)cc2cc(OC)ccc12. The summed E-state index contributed by atoms with van der Waals surface area (Å²) in [6.45, 7) is 2.22. The van der Waals surface area contributed by atoms with E-state index in [0.29, 0.717) is 0 Å². The number of ether oxygens (including phenoxy) is 3. The Hall–Kier alpha value is -2.46. The minimum Gasteiger partial charge on any atom is -0.497 e. The molecule has 2 aromatic carbocycles. The van der Waals surface area contributed by atoms with Gasteiger partial charge in [0.05, 0.1) is 18.9 Å². The summed E-state index contributed by atoms with van der Waals surface area (Å²) >= 11 is 0. The molecule has 0 spiro atoms. The Bertz CT molecular complexity index is 775. The van der Waals surface area contributed by atoms with Gasteiger partial charge in [-0.1, -0.05) is 6.07 Å². The molecule has 0 radical (unpaired) electrons. The van der Waals surface area contributed by atoms with Crippen molar-refractivity contribution < 1.29 is 18.6 Å². The highest BCUT2D eigenvalue weighted by Gasteiger charge is 2.17. The summed E-state index contributed by atoms with van der Waals surface area (Å²) in [5.41, 5.74) is 2.02. The van der Waals surface area contributed by atoms with Gasteiger partial charge in [0.2, 0.25) is 0 Å². The predicted molar refractivity (Wildman–Crippen MR) is 85.4 cm³/mol. The van der Waals surface area contributed by atoms with E-state index in [4.69, 9.17) is 18.6 Å². The molecule has 3 aromatic rings. The normalized spacial score (nSPS) is 10.9. The Morgan fingerprint density at radius 3 is 2.64 bits per heavy atom. The van der Waals surface area contributed by atoms with E-state index in [2.05, 4.69) is 6.07 Å². The lowest BCUT2D eigenvalue weighted by Gasteiger charge is -2.16. The largest absolute Gasteiger partial charge is 0.497 e. The lowest BCUT2D eigenvalue weighted by molar-refractivity contribution is 0.0525. The Balaban J connectivity index is 2.27. The van der Waals surface area contributed by atoms with Gasteiger partial charge in [-0.15, -0.1) is 0 Å². The van der Waals surface area contributed by atoms with Gasteiger partial charge in [0, 0.05) is 12.5 Å². The van der Waals surface area contributed by atoms with Crippen LogP contribution >= 0.6 is 0 Å². The van der Waals surface area contributed by atoms with E-state index in [1.807, 2.05) is 37.3 Å². The minimum atomic E-state index is 0.179. The van der Waals surface area contributed by atoms with E-state index >= 15 is 0 Å². The Kier molecular flexibility index (Phi) is 4.02. The number of hydrogen-bond acceptors (Lipinski definition) is 4. The van der Waals surface area contributed by atoms with E-state index in [1.54, 1.807) is 20.5 Å². The third-order valence-corrected chi connectivity index (χ3v) is 3.59. The lowest BCUT2D eigenvalue weighted by Crippen LogP contribution is -2.02. The average molecular weight is 298 g/mol. The van der Waals surface area contributed by atoms with Crippen LogP contribution in [0.5, 0.6) is 11.5 Å². The van der Waals surface area contributed by atoms with Crippen LogP contribution in [0.4, 0.5) is 0 Å². The molecule has 114 valence electrons. The second kappa shape index (κ2) is 6.12. The molecule has 0 atom stereocenters. The number of rotatable bonds is 5. The minimum absolute atomic E-state index is 0.179. The molecule has 22 heavy (non-hydrogen) atoms. The molecule has 0 saturated carbocycles. The summed E-state index contributed by atoms with van der Waals surface area (Å²) in [5.74, 6) is 2.35. The molecule has 0 saturated heterocycles. The maximum atomic E-state index is 5.85. The van der Waals surface area contributed by atoms with Gasteiger partial charge in [0.25, 0.3) is 0 Å². The predicted octanol–water partition coefficient (Wildman–Crippen LogP) is 4.40. The molecule has 0 aliphatic carbocycles. The zero-order valence-corrected chi connectivity index (χ0v) is 12.9. The van der Waals surface area contributed by atoms with Gasteiger partial charge in [-0.2, -0.15) is 0 Å². The van der Waals surface area contributed by atoms with Crippen LogP contribution in [-0.2, 0) is 4.74 Å². The van der Waals surface area contributed by atoms with Gasteiger partial charge in [-0.25, -0.2) is 0 Å². The molecular weight excluding hydrogens is 280 g/mol. The van der Waals surface area contributed by atoms with E-state index in [1.165, 1.54) is 0 Å². The highest BCUT2D eigenvalue weighted by molar-refractivity contribution is 5.96. The summed E-state index contributed by atoms with van der Waals surface area (Å²) < 4.78 is 21.8. The van der Waals surface area contributed by atoms with Gasteiger partial charge in [-0.05, 0) is 48.2 Å². The topological polar surface area (TPSA) is 40.8 Å². The number of fused-ring (bicyclic) bond motifs is 1. The Morgan fingerprint density at radius 1 is 1.09 bits per heavy atom. The van der Waals surface area contributed by atoms with Crippen molar-refractivity contribution in [1.82, 2.24) is 0 Å². The van der Waals surface area contributed by atoms with Crippen LogP contribution in [0.25, 0.3) is 22.1 Å². The standard InChI is InChI=1S/C18H18O4/c1-12-9-13-10-14(20-3)6-7-15(13)18(22-11-19-2)17(12)16-5-4-8-21-16/h4-10H,11H2,1-3H3. The number of furan rings is 1. The molecule has 1 aromatic heterocycles. The van der Waals surface area contributed by atoms with Crippen molar-refractivity contribution in [2.75, 3.05) is 21.0 Å². The molecule has 0 unspecified atom stereocenters. The smallest absolute Gasteiger partial charge is 0.188 e. The average Bonchev–Trinajstić information content (AvgIpc) is 3.05. The van der Waals surface area contributed by atoms with Crippen molar-refractivity contribution in [3.05, 3.63) is 48.2 Å².